The Balaban J connectivity index is 1.28. The number of aliphatic hydroxyl groups excluding tert-OH is 1. The Bertz CT molecular complexity index is 1760. The average molecular weight is 998 g/mol. The number of carbonyl (C=O) groups is 7. The van der Waals surface area contributed by atoms with Crippen LogP contribution in [0.1, 0.15) is 102 Å². The van der Waals surface area contributed by atoms with Gasteiger partial charge in [-0.3, -0.25) is 48.4 Å². The van der Waals surface area contributed by atoms with E-state index in [4.69, 9.17) is 33.2 Å². The number of esters is 4. The van der Waals surface area contributed by atoms with Crippen molar-refractivity contribution in [1.82, 2.24) is 35.6 Å². The van der Waals surface area contributed by atoms with Gasteiger partial charge in [0.25, 0.3) is 0 Å². The Morgan fingerprint density at radius 2 is 1.01 bits per heavy atom. The zero-order valence-electron chi connectivity index (χ0n) is 43.8. The summed E-state index contributed by atoms with van der Waals surface area (Å²) in [6, 6.07) is 0. The van der Waals surface area contributed by atoms with E-state index in [-0.39, 0.29) is 74.8 Å². The van der Waals surface area contributed by atoms with Gasteiger partial charge in [-0.15, -0.1) is 0 Å². The summed E-state index contributed by atoms with van der Waals surface area (Å²) >= 11 is 0. The van der Waals surface area contributed by atoms with E-state index >= 15 is 0 Å². The lowest BCUT2D eigenvalue weighted by molar-refractivity contribution is -0.263. The van der Waals surface area contributed by atoms with Crippen LogP contribution in [-0.4, -0.2) is 218 Å². The van der Waals surface area contributed by atoms with Crippen molar-refractivity contribution in [2.75, 3.05) is 105 Å². The third kappa shape index (κ3) is 19.5. The molecule has 4 aliphatic rings. The molecule has 3 amide bonds. The fraction of sp³-hybridized carbons (Fsp3) is 0.854. The molecule has 4 rings (SSSR count). The first-order valence-corrected chi connectivity index (χ1v) is 24.6. The molecular formula is C48H83N7O15. The second kappa shape index (κ2) is 25.1. The molecule has 0 aromatic carbocycles. The van der Waals surface area contributed by atoms with Crippen molar-refractivity contribution >= 4 is 41.6 Å². The van der Waals surface area contributed by atoms with Crippen molar-refractivity contribution < 1.29 is 71.8 Å². The van der Waals surface area contributed by atoms with E-state index in [0.717, 1.165) is 0 Å². The van der Waals surface area contributed by atoms with Crippen LogP contribution in [0.4, 0.5) is 0 Å². The van der Waals surface area contributed by atoms with E-state index in [9.17, 15) is 38.7 Å². The van der Waals surface area contributed by atoms with Gasteiger partial charge in [-0.05, 0) is 108 Å². The Morgan fingerprint density at radius 1 is 0.586 bits per heavy atom. The van der Waals surface area contributed by atoms with E-state index in [2.05, 4.69) is 16.0 Å². The average Bonchev–Trinajstić information content (AvgIpc) is 3.66. The molecular weight excluding hydrogens is 915 g/mol. The summed E-state index contributed by atoms with van der Waals surface area (Å²) in [6.45, 7) is 22.5. The maximum absolute atomic E-state index is 13.4. The van der Waals surface area contributed by atoms with Gasteiger partial charge in [0.2, 0.25) is 17.7 Å². The van der Waals surface area contributed by atoms with Gasteiger partial charge >= 0.3 is 29.7 Å². The molecule has 0 aromatic heterocycles. The van der Waals surface area contributed by atoms with Crippen LogP contribution < -0.4 is 16.0 Å². The van der Waals surface area contributed by atoms with Crippen molar-refractivity contribution in [3.05, 3.63) is 0 Å². The number of nitrogens with one attached hydrogen (secondary N) is 3. The number of aliphatic hydroxyl groups is 1. The number of carbonyl (C=O) groups excluding carboxylic acids is 7. The molecule has 22 heteroatoms. The van der Waals surface area contributed by atoms with Crippen LogP contribution in [0.15, 0.2) is 0 Å². The van der Waals surface area contributed by atoms with Gasteiger partial charge in [0, 0.05) is 71.4 Å². The van der Waals surface area contributed by atoms with Gasteiger partial charge in [0.1, 0.15) is 29.0 Å². The van der Waals surface area contributed by atoms with Crippen LogP contribution >= 0.6 is 0 Å². The first-order valence-electron chi connectivity index (χ1n) is 24.6. The third-order valence-corrected chi connectivity index (χ3v) is 12.0. The SMILES string of the molecule is COC(=O)[C@]12O[C@@H](CNC(=O)C3CCC(CNC(=O)CNC(=O)CN4CCN(CC(=O)OC(C)(C)C)CCN(CC(=O)OC(C)(C)C)CCN(CC(=O)OC(C)(C)C)CC4)CC3)[C@H](O)[C@H]1OC(C)(C)O2. The van der Waals surface area contributed by atoms with Gasteiger partial charge in [-0.1, -0.05) is 0 Å². The van der Waals surface area contributed by atoms with Crippen molar-refractivity contribution in [2.24, 2.45) is 11.8 Å². The number of methoxy groups -OCH3 is 1. The Hall–Kier alpha value is -4.03. The number of nitrogens with zero attached hydrogens (tertiary/aromatic N) is 4. The zero-order valence-corrected chi connectivity index (χ0v) is 43.8. The molecule has 22 nitrogen and oxygen atoms in total. The Morgan fingerprint density at radius 3 is 1.43 bits per heavy atom. The summed E-state index contributed by atoms with van der Waals surface area (Å²) in [5.41, 5.74) is -2.06. The third-order valence-electron chi connectivity index (χ3n) is 12.0. The molecule has 0 spiro atoms. The van der Waals surface area contributed by atoms with Crippen LogP contribution in [0.5, 0.6) is 0 Å². The minimum absolute atomic E-state index is 0.00987. The monoisotopic (exact) mass is 998 g/mol. The van der Waals surface area contributed by atoms with Crippen molar-refractivity contribution in [1.29, 1.82) is 0 Å². The topological polar surface area (TPSA) is 253 Å². The lowest BCUT2D eigenvalue weighted by Crippen LogP contribution is -2.51. The van der Waals surface area contributed by atoms with E-state index in [1.165, 1.54) is 7.11 Å². The minimum atomic E-state index is -1.94. The molecule has 0 radical (unpaired) electrons. The van der Waals surface area contributed by atoms with Gasteiger partial charge in [0.05, 0.1) is 39.8 Å². The first-order chi connectivity index (χ1) is 32.4. The molecule has 0 bridgehead atoms. The molecule has 0 aromatic rings. The zero-order chi connectivity index (χ0) is 52.2. The number of hydrogen-bond acceptors (Lipinski definition) is 19. The predicted octanol–water partition coefficient (Wildman–Crippen LogP) is 0.169. The molecule has 4 atom stereocenters. The van der Waals surface area contributed by atoms with Crippen LogP contribution in [0.2, 0.25) is 0 Å². The van der Waals surface area contributed by atoms with Crippen LogP contribution in [0.25, 0.3) is 0 Å². The molecule has 3 aliphatic heterocycles. The largest absolute Gasteiger partial charge is 0.465 e. The highest BCUT2D eigenvalue weighted by Gasteiger charge is 2.69. The highest BCUT2D eigenvalue weighted by molar-refractivity contribution is 5.85. The highest BCUT2D eigenvalue weighted by atomic mass is 16.9. The van der Waals surface area contributed by atoms with Gasteiger partial charge in [-0.2, -0.15) is 0 Å². The summed E-state index contributed by atoms with van der Waals surface area (Å²) in [5, 5.41) is 19.4. The summed E-state index contributed by atoms with van der Waals surface area (Å²) in [7, 11) is 1.18. The van der Waals surface area contributed by atoms with E-state index in [0.29, 0.717) is 84.6 Å². The van der Waals surface area contributed by atoms with Gasteiger partial charge in [-0.25, -0.2) is 4.79 Å². The standard InChI is InChI=1S/C48H83N7O15/c1-44(2,3)66-37(58)29-53-19-17-52(18-20-54(30-38(59)67-45(4,5)6)22-24-55(23-21-53)31-39(60)68-46(7,8)9)28-36(57)50-27-35(56)49-25-32-13-15-33(16-14-32)42(62)51-26-34-40(61)41-48(65-34,43(63)64-12)70-47(10,11)69-41/h32-34,40-41,61H,13-31H2,1-12H3,(H,49,56)(H,50,57)(H,51,62)/t32?,33?,34-,40-,41+,48-/m0/s1. The van der Waals surface area contributed by atoms with Crippen LogP contribution in [0.3, 0.4) is 0 Å². The molecule has 70 heavy (non-hydrogen) atoms. The fourth-order valence-electron chi connectivity index (χ4n) is 8.83. The van der Waals surface area contributed by atoms with Crippen LogP contribution in [0, 0.1) is 11.8 Å². The second-order valence-corrected chi connectivity index (χ2v) is 22.3. The molecule has 1 saturated carbocycles. The Labute approximate surface area is 413 Å². The van der Waals surface area contributed by atoms with Gasteiger partial charge in [0.15, 0.2) is 11.9 Å². The number of hydrogen-bond donors (Lipinski definition) is 4. The van der Waals surface area contributed by atoms with E-state index < -0.39 is 64.6 Å². The molecule has 3 heterocycles. The molecule has 400 valence electrons. The number of fused-ring (bicyclic) bond motifs is 1. The Kier molecular flexibility index (Phi) is 21.0. The smallest absolute Gasteiger partial charge is 0.369 e. The van der Waals surface area contributed by atoms with E-state index in [1.807, 2.05) is 19.6 Å². The van der Waals surface area contributed by atoms with Gasteiger partial charge < -0.3 is 54.2 Å². The first kappa shape index (κ1) is 58.5. The fourth-order valence-corrected chi connectivity index (χ4v) is 8.83. The maximum Gasteiger partial charge on any atom is 0.369 e. The van der Waals surface area contributed by atoms with E-state index in [1.54, 1.807) is 76.2 Å². The van der Waals surface area contributed by atoms with Crippen molar-refractivity contribution in [3.8, 4) is 0 Å². The summed E-state index contributed by atoms with van der Waals surface area (Å²) in [5.74, 6) is -6.28. The van der Waals surface area contributed by atoms with Crippen molar-refractivity contribution in [2.45, 2.75) is 149 Å². The quantitative estimate of drug-likeness (QED) is 0.119. The highest BCUT2D eigenvalue weighted by Crippen LogP contribution is 2.46. The summed E-state index contributed by atoms with van der Waals surface area (Å²) in [6.07, 6.45) is -0.829. The lowest BCUT2D eigenvalue weighted by atomic mass is 9.81. The molecule has 1 aliphatic carbocycles. The maximum atomic E-state index is 13.4. The molecule has 4 N–H and O–H groups in total. The molecule has 4 fully saturated rings. The van der Waals surface area contributed by atoms with Crippen molar-refractivity contribution in [3.63, 3.8) is 0 Å². The second-order valence-electron chi connectivity index (χ2n) is 22.3. The molecule has 0 unspecified atom stereocenters. The minimum Gasteiger partial charge on any atom is -0.465 e. The number of amides is 3. The lowest BCUT2D eigenvalue weighted by Gasteiger charge is -2.34. The molecule has 3 saturated heterocycles. The summed E-state index contributed by atoms with van der Waals surface area (Å²) < 4.78 is 39.1. The number of rotatable bonds is 16. The van der Waals surface area contributed by atoms with Crippen LogP contribution in [-0.2, 0) is 66.7 Å². The number of ether oxygens (including phenoxy) is 7. The normalized spacial score (nSPS) is 26.7. The predicted molar refractivity (Wildman–Crippen MR) is 253 cm³/mol. The summed E-state index contributed by atoms with van der Waals surface area (Å²) in [4.78, 5) is 99.0.